The van der Waals surface area contributed by atoms with E-state index in [0.717, 1.165) is 37.0 Å². The fourth-order valence-corrected chi connectivity index (χ4v) is 4.65. The van der Waals surface area contributed by atoms with Crippen LogP contribution >= 0.6 is 11.3 Å². The standard InChI is InChI=1S/C21H22N4O4S/c1-13-17-19(30-18(13)21(28)29-14-7-3-2-4-8-14)23-12-25(20(17)27)11-16(26)24-15-9-5-6-10-22-15/h5-6,9-10,12,14H,2-4,7-8,11H2,1H3,(H,22,24,26). The summed E-state index contributed by atoms with van der Waals surface area (Å²) in [5.74, 6) is -0.382. The molecule has 1 saturated carbocycles. The van der Waals surface area contributed by atoms with E-state index in [0.29, 0.717) is 26.5 Å². The number of esters is 1. The second kappa shape index (κ2) is 8.74. The summed E-state index contributed by atoms with van der Waals surface area (Å²) in [5, 5.41) is 2.99. The molecule has 0 saturated heterocycles. The third kappa shape index (κ3) is 4.25. The first-order valence-electron chi connectivity index (χ1n) is 9.93. The van der Waals surface area contributed by atoms with E-state index in [2.05, 4.69) is 15.3 Å². The zero-order valence-electron chi connectivity index (χ0n) is 16.6. The molecule has 0 aliphatic heterocycles. The largest absolute Gasteiger partial charge is 0.458 e. The lowest BCUT2D eigenvalue weighted by Crippen LogP contribution is -2.28. The maximum Gasteiger partial charge on any atom is 0.348 e. The zero-order valence-corrected chi connectivity index (χ0v) is 17.4. The highest BCUT2D eigenvalue weighted by Crippen LogP contribution is 2.29. The fraction of sp³-hybridized carbons (Fsp3) is 0.381. The molecule has 1 aliphatic carbocycles. The van der Waals surface area contributed by atoms with Gasteiger partial charge in [0, 0.05) is 6.20 Å². The van der Waals surface area contributed by atoms with Gasteiger partial charge in [0.2, 0.25) is 5.91 Å². The summed E-state index contributed by atoms with van der Waals surface area (Å²) in [7, 11) is 0. The highest BCUT2D eigenvalue weighted by atomic mass is 32.1. The molecule has 1 fully saturated rings. The molecule has 0 radical (unpaired) electrons. The molecule has 0 spiro atoms. The highest BCUT2D eigenvalue weighted by Gasteiger charge is 2.24. The molecule has 1 aliphatic rings. The van der Waals surface area contributed by atoms with E-state index in [1.165, 1.54) is 17.3 Å². The van der Waals surface area contributed by atoms with Gasteiger partial charge in [-0.1, -0.05) is 12.5 Å². The third-order valence-electron chi connectivity index (χ3n) is 5.17. The molecule has 30 heavy (non-hydrogen) atoms. The van der Waals surface area contributed by atoms with Crippen molar-refractivity contribution in [2.75, 3.05) is 5.32 Å². The number of thiophene rings is 1. The van der Waals surface area contributed by atoms with E-state index < -0.39 is 5.97 Å². The number of ether oxygens (including phenoxy) is 1. The van der Waals surface area contributed by atoms with Crippen LogP contribution in [0, 0.1) is 6.92 Å². The van der Waals surface area contributed by atoms with E-state index >= 15 is 0 Å². The molecule has 3 aromatic heterocycles. The summed E-state index contributed by atoms with van der Waals surface area (Å²) in [6.45, 7) is 1.52. The average Bonchev–Trinajstić information content (AvgIpc) is 3.09. The lowest BCUT2D eigenvalue weighted by Gasteiger charge is -2.21. The van der Waals surface area contributed by atoms with E-state index in [9.17, 15) is 14.4 Å². The Morgan fingerprint density at radius 1 is 1.23 bits per heavy atom. The van der Waals surface area contributed by atoms with Crippen LogP contribution in [-0.4, -0.2) is 32.5 Å². The molecule has 0 aromatic carbocycles. The van der Waals surface area contributed by atoms with Gasteiger partial charge >= 0.3 is 5.97 Å². The van der Waals surface area contributed by atoms with Gasteiger partial charge in [-0.3, -0.25) is 14.2 Å². The van der Waals surface area contributed by atoms with Gasteiger partial charge in [-0.25, -0.2) is 14.8 Å². The van der Waals surface area contributed by atoms with Crippen molar-refractivity contribution in [2.45, 2.75) is 51.7 Å². The van der Waals surface area contributed by atoms with Crippen LogP contribution in [0.25, 0.3) is 10.2 Å². The number of nitrogens with one attached hydrogen (secondary N) is 1. The summed E-state index contributed by atoms with van der Waals surface area (Å²) in [6.07, 6.45) is 7.90. The predicted molar refractivity (Wildman–Crippen MR) is 114 cm³/mol. The normalized spacial score (nSPS) is 14.6. The average molecular weight is 426 g/mol. The fourth-order valence-electron chi connectivity index (χ4n) is 3.63. The number of hydrogen-bond acceptors (Lipinski definition) is 7. The van der Waals surface area contributed by atoms with Crippen molar-refractivity contribution in [3.8, 4) is 0 Å². The second-order valence-electron chi connectivity index (χ2n) is 7.34. The Hall–Kier alpha value is -3.07. The van der Waals surface area contributed by atoms with Crippen LogP contribution < -0.4 is 10.9 Å². The molecule has 0 atom stereocenters. The molecule has 1 N–H and O–H groups in total. The van der Waals surface area contributed by atoms with Crippen molar-refractivity contribution in [3.05, 3.63) is 51.5 Å². The minimum Gasteiger partial charge on any atom is -0.458 e. The van der Waals surface area contributed by atoms with Gasteiger partial charge in [0.15, 0.2) is 0 Å². The summed E-state index contributed by atoms with van der Waals surface area (Å²) in [5.41, 5.74) is 0.189. The van der Waals surface area contributed by atoms with Gasteiger partial charge in [-0.2, -0.15) is 0 Å². The van der Waals surface area contributed by atoms with Crippen molar-refractivity contribution < 1.29 is 14.3 Å². The smallest absolute Gasteiger partial charge is 0.348 e. The number of pyridine rings is 1. The van der Waals surface area contributed by atoms with Crippen molar-refractivity contribution in [1.82, 2.24) is 14.5 Å². The van der Waals surface area contributed by atoms with Crippen LogP contribution in [0.1, 0.15) is 47.3 Å². The molecule has 156 valence electrons. The Balaban J connectivity index is 1.55. The SMILES string of the molecule is Cc1c(C(=O)OC2CCCCC2)sc2ncn(CC(=O)Nc3ccccn3)c(=O)c12. The number of rotatable bonds is 5. The lowest BCUT2D eigenvalue weighted by molar-refractivity contribution is -0.116. The maximum absolute atomic E-state index is 12.9. The van der Waals surface area contributed by atoms with Gasteiger partial charge in [0.25, 0.3) is 5.56 Å². The molecule has 8 nitrogen and oxygen atoms in total. The van der Waals surface area contributed by atoms with Crippen molar-refractivity contribution in [2.24, 2.45) is 0 Å². The first kappa shape index (κ1) is 20.2. The van der Waals surface area contributed by atoms with Crippen LogP contribution in [0.2, 0.25) is 0 Å². The molecule has 3 aromatic rings. The van der Waals surface area contributed by atoms with Gasteiger partial charge in [0.1, 0.15) is 28.2 Å². The Kier molecular flexibility index (Phi) is 5.89. The quantitative estimate of drug-likeness (QED) is 0.628. The number of amides is 1. The van der Waals surface area contributed by atoms with Crippen molar-refractivity contribution in [3.63, 3.8) is 0 Å². The number of carbonyl (C=O) groups excluding carboxylic acids is 2. The van der Waals surface area contributed by atoms with Gasteiger partial charge in [-0.15, -0.1) is 11.3 Å². The van der Waals surface area contributed by atoms with E-state index in [4.69, 9.17) is 4.74 Å². The molecular formula is C21H22N4O4S. The summed E-state index contributed by atoms with van der Waals surface area (Å²) in [6, 6.07) is 5.16. The molecule has 0 bridgehead atoms. The third-order valence-corrected chi connectivity index (χ3v) is 6.35. The molecule has 1 amide bonds. The lowest BCUT2D eigenvalue weighted by atomic mass is 9.98. The number of anilines is 1. The minimum absolute atomic E-state index is 0.0595. The number of nitrogens with zero attached hydrogens (tertiary/aromatic N) is 3. The number of carbonyl (C=O) groups is 2. The van der Waals surface area contributed by atoms with Crippen LogP contribution in [0.4, 0.5) is 5.82 Å². The topological polar surface area (TPSA) is 103 Å². The molecule has 3 heterocycles. The zero-order chi connectivity index (χ0) is 21.1. The van der Waals surface area contributed by atoms with Crippen molar-refractivity contribution in [1.29, 1.82) is 0 Å². The first-order valence-corrected chi connectivity index (χ1v) is 10.7. The van der Waals surface area contributed by atoms with E-state index in [1.54, 1.807) is 31.3 Å². The first-order chi connectivity index (χ1) is 14.5. The van der Waals surface area contributed by atoms with Crippen LogP contribution in [0.3, 0.4) is 0 Å². The Bertz CT molecular complexity index is 1130. The Morgan fingerprint density at radius 2 is 2.03 bits per heavy atom. The van der Waals surface area contributed by atoms with Gasteiger partial charge in [-0.05, 0) is 50.3 Å². The van der Waals surface area contributed by atoms with Crippen LogP contribution in [0.5, 0.6) is 0 Å². The number of aromatic nitrogens is 3. The maximum atomic E-state index is 12.9. The highest BCUT2D eigenvalue weighted by molar-refractivity contribution is 7.20. The molecule has 0 unspecified atom stereocenters. The summed E-state index contributed by atoms with van der Waals surface area (Å²) < 4.78 is 6.89. The van der Waals surface area contributed by atoms with E-state index in [1.807, 2.05) is 0 Å². The van der Waals surface area contributed by atoms with Crippen molar-refractivity contribution >= 4 is 39.2 Å². The van der Waals surface area contributed by atoms with Crippen LogP contribution in [0.15, 0.2) is 35.5 Å². The van der Waals surface area contributed by atoms with E-state index in [-0.39, 0.29) is 24.1 Å². The number of aryl methyl sites for hydroxylation is 1. The monoisotopic (exact) mass is 426 g/mol. The summed E-state index contributed by atoms with van der Waals surface area (Å²) in [4.78, 5) is 47.1. The summed E-state index contributed by atoms with van der Waals surface area (Å²) >= 11 is 1.16. The molecular weight excluding hydrogens is 404 g/mol. The predicted octanol–water partition coefficient (Wildman–Crippen LogP) is 3.29. The van der Waals surface area contributed by atoms with Crippen LogP contribution in [-0.2, 0) is 16.1 Å². The van der Waals surface area contributed by atoms with Gasteiger partial charge in [0.05, 0.1) is 11.7 Å². The Labute approximate surface area is 176 Å². The Morgan fingerprint density at radius 3 is 2.77 bits per heavy atom. The second-order valence-corrected chi connectivity index (χ2v) is 8.34. The number of fused-ring (bicyclic) bond motifs is 1. The molecule has 4 rings (SSSR count). The number of hydrogen-bond donors (Lipinski definition) is 1. The minimum atomic E-state index is -0.402. The van der Waals surface area contributed by atoms with Gasteiger partial charge < -0.3 is 10.1 Å². The molecule has 9 heteroatoms.